The standard InChI is InChI=1S/C15H20N2O2/c1-2-3-4-7-12-8-5-9-13(12)16-17-15(18)14-10-6-11-19-14/h6,8,10-11H,2-5,7,9H2,1H3,(H,17,18). The number of furan rings is 1. The number of hydrogen-bond donors (Lipinski definition) is 1. The third-order valence-electron chi connectivity index (χ3n) is 3.23. The van der Waals surface area contributed by atoms with Gasteiger partial charge in [0.1, 0.15) is 0 Å². The summed E-state index contributed by atoms with van der Waals surface area (Å²) in [6.07, 6.45) is 10.4. The van der Waals surface area contributed by atoms with Gasteiger partial charge in [-0.25, -0.2) is 5.43 Å². The molecule has 2 rings (SSSR count). The Labute approximate surface area is 113 Å². The minimum absolute atomic E-state index is 0.291. The molecule has 0 aliphatic heterocycles. The van der Waals surface area contributed by atoms with Crippen molar-refractivity contribution < 1.29 is 9.21 Å². The Kier molecular flexibility index (Phi) is 4.95. The van der Waals surface area contributed by atoms with E-state index < -0.39 is 0 Å². The molecular weight excluding hydrogens is 240 g/mol. The van der Waals surface area contributed by atoms with Gasteiger partial charge in [-0.15, -0.1) is 0 Å². The van der Waals surface area contributed by atoms with Crippen molar-refractivity contribution in [3.8, 4) is 0 Å². The van der Waals surface area contributed by atoms with E-state index in [-0.39, 0.29) is 5.91 Å². The highest BCUT2D eigenvalue weighted by Gasteiger charge is 2.14. The van der Waals surface area contributed by atoms with Crippen LogP contribution in [-0.4, -0.2) is 11.6 Å². The third kappa shape index (κ3) is 3.81. The molecule has 1 amide bonds. The maximum absolute atomic E-state index is 11.7. The van der Waals surface area contributed by atoms with Crippen molar-refractivity contribution in [1.82, 2.24) is 5.43 Å². The molecule has 1 heterocycles. The maximum atomic E-state index is 11.7. The number of rotatable bonds is 6. The molecule has 1 aliphatic rings. The third-order valence-corrected chi connectivity index (χ3v) is 3.23. The highest BCUT2D eigenvalue weighted by atomic mass is 16.3. The van der Waals surface area contributed by atoms with Gasteiger partial charge in [0.15, 0.2) is 5.76 Å². The molecule has 19 heavy (non-hydrogen) atoms. The quantitative estimate of drug-likeness (QED) is 0.626. The van der Waals surface area contributed by atoms with E-state index in [2.05, 4.69) is 23.5 Å². The summed E-state index contributed by atoms with van der Waals surface area (Å²) in [7, 11) is 0. The van der Waals surface area contributed by atoms with Crippen LogP contribution in [0.15, 0.2) is 39.6 Å². The first-order valence-electron chi connectivity index (χ1n) is 6.91. The van der Waals surface area contributed by atoms with Crippen molar-refractivity contribution in [2.24, 2.45) is 5.10 Å². The zero-order valence-electron chi connectivity index (χ0n) is 11.3. The van der Waals surface area contributed by atoms with Gasteiger partial charge in [-0.3, -0.25) is 4.79 Å². The van der Waals surface area contributed by atoms with Gasteiger partial charge in [0.05, 0.1) is 12.0 Å². The van der Waals surface area contributed by atoms with Crippen LogP contribution in [-0.2, 0) is 0 Å². The van der Waals surface area contributed by atoms with E-state index in [9.17, 15) is 4.79 Å². The van der Waals surface area contributed by atoms with E-state index in [4.69, 9.17) is 4.42 Å². The number of carbonyl (C=O) groups is 1. The van der Waals surface area contributed by atoms with Crippen LogP contribution in [0.3, 0.4) is 0 Å². The lowest BCUT2D eigenvalue weighted by molar-refractivity contribution is 0.0927. The Morgan fingerprint density at radius 2 is 2.37 bits per heavy atom. The summed E-state index contributed by atoms with van der Waals surface area (Å²) in [5.74, 6) is -0.00355. The number of hydrazone groups is 1. The molecule has 4 nitrogen and oxygen atoms in total. The monoisotopic (exact) mass is 260 g/mol. The molecule has 0 atom stereocenters. The van der Waals surface area contributed by atoms with Gasteiger partial charge in [0.25, 0.3) is 0 Å². The van der Waals surface area contributed by atoms with Gasteiger partial charge >= 0.3 is 5.91 Å². The van der Waals surface area contributed by atoms with Crippen LogP contribution in [0.2, 0.25) is 0 Å². The lowest BCUT2D eigenvalue weighted by Crippen LogP contribution is -2.19. The molecule has 4 heteroatoms. The van der Waals surface area contributed by atoms with Crippen LogP contribution in [0.25, 0.3) is 0 Å². The van der Waals surface area contributed by atoms with E-state index in [1.807, 2.05) is 0 Å². The summed E-state index contributed by atoms with van der Waals surface area (Å²) in [6.45, 7) is 2.20. The van der Waals surface area contributed by atoms with Crippen molar-refractivity contribution in [1.29, 1.82) is 0 Å². The molecule has 1 N–H and O–H groups in total. The first-order chi connectivity index (χ1) is 9.31. The predicted octanol–water partition coefficient (Wildman–Crippen LogP) is 3.67. The van der Waals surface area contributed by atoms with Crippen LogP contribution in [0, 0.1) is 0 Å². The number of carbonyl (C=O) groups excluding carboxylic acids is 1. The van der Waals surface area contributed by atoms with E-state index in [1.54, 1.807) is 12.1 Å². The van der Waals surface area contributed by atoms with Crippen molar-refractivity contribution in [2.75, 3.05) is 0 Å². The van der Waals surface area contributed by atoms with Crippen LogP contribution in [0.1, 0.15) is 56.0 Å². The topological polar surface area (TPSA) is 54.6 Å². The molecule has 0 unspecified atom stereocenters. The fraction of sp³-hybridized carbons (Fsp3) is 0.467. The number of nitrogens with zero attached hydrogens (tertiary/aromatic N) is 1. The summed E-state index contributed by atoms with van der Waals surface area (Å²) in [6, 6.07) is 3.32. The van der Waals surface area contributed by atoms with Crippen LogP contribution >= 0.6 is 0 Å². The number of amides is 1. The average Bonchev–Trinajstić information content (AvgIpc) is 3.08. The summed E-state index contributed by atoms with van der Waals surface area (Å²) < 4.78 is 5.02. The number of hydrogen-bond acceptors (Lipinski definition) is 3. The minimum atomic E-state index is -0.294. The van der Waals surface area contributed by atoms with Crippen LogP contribution in [0.4, 0.5) is 0 Å². The molecule has 0 saturated heterocycles. The second-order valence-electron chi connectivity index (χ2n) is 4.70. The van der Waals surface area contributed by atoms with Crippen molar-refractivity contribution >= 4 is 11.6 Å². The largest absolute Gasteiger partial charge is 0.459 e. The molecule has 102 valence electrons. The Morgan fingerprint density at radius 3 is 3.11 bits per heavy atom. The fourth-order valence-corrected chi connectivity index (χ4v) is 2.18. The van der Waals surface area contributed by atoms with Crippen LogP contribution < -0.4 is 5.43 Å². The van der Waals surface area contributed by atoms with Crippen molar-refractivity contribution in [2.45, 2.75) is 45.4 Å². The van der Waals surface area contributed by atoms with Gasteiger partial charge in [0, 0.05) is 0 Å². The molecular formula is C15H20N2O2. The van der Waals surface area contributed by atoms with Crippen molar-refractivity contribution in [3.63, 3.8) is 0 Å². The summed E-state index contributed by atoms with van der Waals surface area (Å²) in [5.41, 5.74) is 4.86. The normalized spacial score (nSPS) is 16.7. The van der Waals surface area contributed by atoms with Gasteiger partial charge in [-0.05, 0) is 43.4 Å². The Morgan fingerprint density at radius 1 is 1.47 bits per heavy atom. The smallest absolute Gasteiger partial charge is 0.307 e. The molecule has 1 aliphatic carbocycles. The average molecular weight is 260 g/mol. The fourth-order valence-electron chi connectivity index (χ4n) is 2.18. The summed E-state index contributed by atoms with van der Waals surface area (Å²) >= 11 is 0. The molecule has 0 bridgehead atoms. The minimum Gasteiger partial charge on any atom is -0.459 e. The highest BCUT2D eigenvalue weighted by molar-refractivity contribution is 6.03. The zero-order valence-corrected chi connectivity index (χ0v) is 11.3. The van der Waals surface area contributed by atoms with E-state index in [1.165, 1.54) is 31.1 Å². The summed E-state index contributed by atoms with van der Waals surface area (Å²) in [4.78, 5) is 11.7. The molecule has 0 radical (unpaired) electrons. The number of nitrogens with one attached hydrogen (secondary N) is 1. The maximum Gasteiger partial charge on any atom is 0.307 e. The Bertz CT molecular complexity index is 472. The second-order valence-corrected chi connectivity index (χ2v) is 4.70. The molecule has 1 aromatic rings. The van der Waals surface area contributed by atoms with E-state index in [0.717, 1.165) is 25.0 Å². The predicted molar refractivity (Wildman–Crippen MR) is 75.1 cm³/mol. The highest BCUT2D eigenvalue weighted by Crippen LogP contribution is 2.21. The zero-order chi connectivity index (χ0) is 13.5. The molecule has 0 fully saturated rings. The number of allylic oxidation sites excluding steroid dienone is 2. The van der Waals surface area contributed by atoms with Gasteiger partial charge in [-0.1, -0.05) is 25.8 Å². The van der Waals surface area contributed by atoms with Gasteiger partial charge < -0.3 is 4.42 Å². The molecule has 0 spiro atoms. The lowest BCUT2D eigenvalue weighted by atomic mass is 10.1. The first kappa shape index (κ1) is 13.6. The Balaban J connectivity index is 1.88. The molecule has 0 saturated carbocycles. The summed E-state index contributed by atoms with van der Waals surface area (Å²) in [5, 5.41) is 4.23. The lowest BCUT2D eigenvalue weighted by Gasteiger charge is -2.04. The van der Waals surface area contributed by atoms with E-state index in [0.29, 0.717) is 5.76 Å². The number of unbranched alkanes of at least 4 members (excludes halogenated alkanes) is 2. The molecule has 0 aromatic carbocycles. The van der Waals surface area contributed by atoms with Gasteiger partial charge in [0.2, 0.25) is 0 Å². The first-order valence-corrected chi connectivity index (χ1v) is 6.91. The van der Waals surface area contributed by atoms with Crippen LogP contribution in [0.5, 0.6) is 0 Å². The van der Waals surface area contributed by atoms with E-state index >= 15 is 0 Å². The Hall–Kier alpha value is -1.84. The second kappa shape index (κ2) is 6.92. The van der Waals surface area contributed by atoms with Crippen molar-refractivity contribution in [3.05, 3.63) is 35.8 Å². The van der Waals surface area contributed by atoms with Gasteiger partial charge in [-0.2, -0.15) is 5.10 Å². The molecule has 1 aromatic heterocycles. The SMILES string of the molecule is CCCCCC1=CCCC1=NNC(=O)c1ccco1.